The predicted octanol–water partition coefficient (Wildman–Crippen LogP) is 6.36. The molecule has 0 aliphatic heterocycles. The standard InChI is InChI=1S/C30H28O4/c31-25-10-2-21(3-11-25)29(22-4-12-26(32)13-5-22)18-1-19-30(20-29,23-6-14-27(33)15-7-23)24-8-16-28(34)17-9-24/h2-17,31-34H,1,18-20H2. The van der Waals surface area contributed by atoms with Gasteiger partial charge in [0.1, 0.15) is 23.0 Å². The molecule has 4 aromatic rings. The number of aromatic hydroxyl groups is 4. The SMILES string of the molecule is Oc1ccc(C2(c3ccc(O)cc3)CCCC(c3ccc(O)cc3)(c3ccc(O)cc3)C2)cc1. The molecule has 4 aromatic carbocycles. The van der Waals surface area contributed by atoms with E-state index in [-0.39, 0.29) is 33.8 Å². The molecular weight excluding hydrogens is 424 g/mol. The van der Waals surface area contributed by atoms with Crippen molar-refractivity contribution in [1.29, 1.82) is 0 Å². The third-order valence-electron chi connectivity index (χ3n) is 7.49. The Morgan fingerprint density at radius 2 is 0.618 bits per heavy atom. The number of phenolic OH excluding ortho intramolecular Hbond substituents is 4. The van der Waals surface area contributed by atoms with Crippen molar-refractivity contribution in [3.05, 3.63) is 119 Å². The summed E-state index contributed by atoms with van der Waals surface area (Å²) >= 11 is 0. The van der Waals surface area contributed by atoms with Gasteiger partial charge >= 0.3 is 0 Å². The molecule has 4 nitrogen and oxygen atoms in total. The molecule has 1 saturated carbocycles. The van der Waals surface area contributed by atoms with Crippen LogP contribution in [-0.4, -0.2) is 20.4 Å². The van der Waals surface area contributed by atoms with Gasteiger partial charge in [-0.25, -0.2) is 0 Å². The molecule has 0 amide bonds. The molecule has 1 aliphatic rings. The van der Waals surface area contributed by atoms with Gasteiger partial charge in [0.15, 0.2) is 0 Å². The zero-order valence-electron chi connectivity index (χ0n) is 18.9. The van der Waals surface area contributed by atoms with E-state index >= 15 is 0 Å². The Morgan fingerprint density at radius 3 is 0.853 bits per heavy atom. The summed E-state index contributed by atoms with van der Waals surface area (Å²) in [5.74, 6) is 0.903. The third kappa shape index (κ3) is 3.75. The summed E-state index contributed by atoms with van der Waals surface area (Å²) in [7, 11) is 0. The minimum Gasteiger partial charge on any atom is -0.508 e. The fourth-order valence-electron chi connectivity index (χ4n) is 5.82. The molecule has 172 valence electrons. The maximum atomic E-state index is 9.98. The predicted molar refractivity (Wildman–Crippen MR) is 132 cm³/mol. The molecule has 0 aromatic heterocycles. The smallest absolute Gasteiger partial charge is 0.115 e. The van der Waals surface area contributed by atoms with E-state index in [2.05, 4.69) is 0 Å². The fraction of sp³-hybridized carbons (Fsp3) is 0.200. The average Bonchev–Trinajstić information content (AvgIpc) is 2.85. The normalized spacial score (nSPS) is 16.7. The summed E-state index contributed by atoms with van der Waals surface area (Å²) < 4.78 is 0. The second-order valence-electron chi connectivity index (χ2n) is 9.38. The van der Waals surface area contributed by atoms with Crippen LogP contribution in [-0.2, 0) is 10.8 Å². The van der Waals surface area contributed by atoms with E-state index in [0.717, 1.165) is 47.9 Å². The highest BCUT2D eigenvalue weighted by molar-refractivity contribution is 5.50. The number of benzene rings is 4. The Labute approximate surface area is 199 Å². The number of phenols is 4. The first-order valence-electron chi connectivity index (χ1n) is 11.6. The Bertz CT molecular complexity index is 1070. The molecule has 4 N–H and O–H groups in total. The summed E-state index contributed by atoms with van der Waals surface area (Å²) in [5.41, 5.74) is 3.70. The van der Waals surface area contributed by atoms with Crippen LogP contribution in [0.4, 0.5) is 0 Å². The quantitative estimate of drug-likeness (QED) is 0.291. The first-order valence-corrected chi connectivity index (χ1v) is 11.6. The van der Waals surface area contributed by atoms with E-state index in [9.17, 15) is 20.4 Å². The molecule has 0 heterocycles. The van der Waals surface area contributed by atoms with Crippen molar-refractivity contribution in [3.63, 3.8) is 0 Å². The van der Waals surface area contributed by atoms with Crippen LogP contribution in [0.2, 0.25) is 0 Å². The van der Waals surface area contributed by atoms with E-state index in [1.165, 1.54) is 0 Å². The van der Waals surface area contributed by atoms with Crippen molar-refractivity contribution in [2.75, 3.05) is 0 Å². The average molecular weight is 453 g/mol. The van der Waals surface area contributed by atoms with E-state index in [0.29, 0.717) is 0 Å². The zero-order valence-corrected chi connectivity index (χ0v) is 18.9. The van der Waals surface area contributed by atoms with Crippen LogP contribution in [0.1, 0.15) is 47.9 Å². The zero-order chi connectivity index (χ0) is 23.8. The second-order valence-corrected chi connectivity index (χ2v) is 9.38. The van der Waals surface area contributed by atoms with E-state index in [1.54, 1.807) is 48.5 Å². The van der Waals surface area contributed by atoms with E-state index < -0.39 is 0 Å². The topological polar surface area (TPSA) is 80.9 Å². The Kier molecular flexibility index (Phi) is 5.45. The van der Waals surface area contributed by atoms with Gasteiger partial charge in [0.25, 0.3) is 0 Å². The molecule has 0 unspecified atom stereocenters. The molecule has 0 atom stereocenters. The summed E-state index contributed by atoms with van der Waals surface area (Å²) in [6.45, 7) is 0. The minimum absolute atomic E-state index is 0.226. The van der Waals surface area contributed by atoms with Crippen molar-refractivity contribution >= 4 is 0 Å². The summed E-state index contributed by atoms with van der Waals surface area (Å²) in [5, 5.41) is 39.9. The highest BCUT2D eigenvalue weighted by atomic mass is 16.3. The number of hydrogen-bond donors (Lipinski definition) is 4. The van der Waals surface area contributed by atoms with Gasteiger partial charge in [0.05, 0.1) is 0 Å². The van der Waals surface area contributed by atoms with Crippen LogP contribution in [0.5, 0.6) is 23.0 Å². The molecule has 0 bridgehead atoms. The first kappa shape index (κ1) is 21.9. The van der Waals surface area contributed by atoms with Crippen LogP contribution in [0.3, 0.4) is 0 Å². The van der Waals surface area contributed by atoms with Crippen LogP contribution < -0.4 is 0 Å². The lowest BCUT2D eigenvalue weighted by molar-refractivity contribution is 0.247. The molecule has 5 rings (SSSR count). The van der Waals surface area contributed by atoms with Gasteiger partial charge in [-0.2, -0.15) is 0 Å². The summed E-state index contributed by atoms with van der Waals surface area (Å²) in [4.78, 5) is 0. The van der Waals surface area contributed by atoms with Crippen molar-refractivity contribution in [3.8, 4) is 23.0 Å². The Balaban J connectivity index is 1.74. The highest BCUT2D eigenvalue weighted by Crippen LogP contribution is 2.56. The maximum absolute atomic E-state index is 9.98. The van der Waals surface area contributed by atoms with Crippen molar-refractivity contribution in [2.24, 2.45) is 0 Å². The van der Waals surface area contributed by atoms with E-state index in [1.807, 2.05) is 48.5 Å². The summed E-state index contributed by atoms with van der Waals surface area (Å²) in [6.07, 6.45) is 3.54. The molecular formula is C30H28O4. The lowest BCUT2D eigenvalue weighted by Gasteiger charge is -2.50. The number of hydrogen-bond acceptors (Lipinski definition) is 4. The van der Waals surface area contributed by atoms with Crippen LogP contribution >= 0.6 is 0 Å². The molecule has 0 saturated heterocycles. The lowest BCUT2D eigenvalue weighted by Crippen LogP contribution is -2.43. The highest BCUT2D eigenvalue weighted by Gasteiger charge is 2.48. The van der Waals surface area contributed by atoms with Crippen LogP contribution in [0.25, 0.3) is 0 Å². The minimum atomic E-state index is -0.366. The number of rotatable bonds is 4. The van der Waals surface area contributed by atoms with Crippen LogP contribution in [0.15, 0.2) is 97.1 Å². The molecule has 0 spiro atoms. The largest absolute Gasteiger partial charge is 0.508 e. The van der Waals surface area contributed by atoms with Gasteiger partial charge in [-0.3, -0.25) is 0 Å². The lowest BCUT2D eigenvalue weighted by atomic mass is 9.53. The second kappa shape index (κ2) is 8.45. The molecule has 1 aliphatic carbocycles. The molecule has 0 radical (unpaired) electrons. The van der Waals surface area contributed by atoms with Gasteiger partial charge in [-0.15, -0.1) is 0 Å². The maximum Gasteiger partial charge on any atom is 0.115 e. The van der Waals surface area contributed by atoms with Crippen molar-refractivity contribution < 1.29 is 20.4 Å². The van der Waals surface area contributed by atoms with Gasteiger partial charge in [-0.05, 0) is 90.0 Å². The summed E-state index contributed by atoms with van der Waals surface area (Å²) in [6, 6.07) is 29.8. The van der Waals surface area contributed by atoms with Gasteiger partial charge in [0, 0.05) is 10.8 Å². The monoisotopic (exact) mass is 452 g/mol. The van der Waals surface area contributed by atoms with Crippen molar-refractivity contribution in [2.45, 2.75) is 36.5 Å². The fourth-order valence-corrected chi connectivity index (χ4v) is 5.82. The molecule has 1 fully saturated rings. The molecule has 34 heavy (non-hydrogen) atoms. The van der Waals surface area contributed by atoms with Gasteiger partial charge in [-0.1, -0.05) is 55.0 Å². The Morgan fingerprint density at radius 1 is 0.382 bits per heavy atom. The van der Waals surface area contributed by atoms with Crippen molar-refractivity contribution in [1.82, 2.24) is 0 Å². The van der Waals surface area contributed by atoms with Crippen LogP contribution in [0, 0.1) is 0 Å². The first-order chi connectivity index (χ1) is 16.4. The van der Waals surface area contributed by atoms with Gasteiger partial charge < -0.3 is 20.4 Å². The van der Waals surface area contributed by atoms with Gasteiger partial charge in [0.2, 0.25) is 0 Å². The molecule has 4 heteroatoms. The third-order valence-corrected chi connectivity index (χ3v) is 7.49. The van der Waals surface area contributed by atoms with E-state index in [4.69, 9.17) is 0 Å². The Hall–Kier alpha value is -3.92.